The summed E-state index contributed by atoms with van der Waals surface area (Å²) in [4.78, 5) is 17.8. The highest BCUT2D eigenvalue weighted by atomic mass is 15.2. The van der Waals surface area contributed by atoms with Crippen LogP contribution in [0.5, 0.6) is 0 Å². The smallest absolute Gasteiger partial charge is 0.161 e. The molecular formula is C53H32N4. The number of nitrogens with zero attached hydrogens (tertiary/aromatic N) is 4. The summed E-state index contributed by atoms with van der Waals surface area (Å²) in [7, 11) is 0. The van der Waals surface area contributed by atoms with Gasteiger partial charge in [0.25, 0.3) is 0 Å². The Labute approximate surface area is 329 Å². The van der Waals surface area contributed by atoms with Gasteiger partial charge in [-0.2, -0.15) is 0 Å². The summed E-state index contributed by atoms with van der Waals surface area (Å²) < 4.78 is 0. The molecule has 0 atom stereocenters. The summed E-state index contributed by atoms with van der Waals surface area (Å²) in [6.07, 6.45) is 1.86. The second-order valence-corrected chi connectivity index (χ2v) is 14.8. The van der Waals surface area contributed by atoms with E-state index in [0.29, 0.717) is 5.82 Å². The topological polar surface area (TPSA) is 41.9 Å². The molecule has 0 aliphatic carbocycles. The van der Waals surface area contributed by atoms with Gasteiger partial charge in [0.15, 0.2) is 5.82 Å². The molecule has 3 heterocycles. The second kappa shape index (κ2) is 12.4. The average molecular weight is 725 g/mol. The van der Waals surface area contributed by atoms with Gasteiger partial charge >= 0.3 is 0 Å². The van der Waals surface area contributed by atoms with Crippen molar-refractivity contribution in [1.29, 1.82) is 0 Å². The monoisotopic (exact) mass is 724 g/mol. The first-order valence-corrected chi connectivity index (χ1v) is 19.4. The third kappa shape index (κ3) is 4.91. The fourth-order valence-electron chi connectivity index (χ4n) is 8.99. The Kier molecular flexibility index (Phi) is 6.89. The van der Waals surface area contributed by atoms with Gasteiger partial charge in [0.2, 0.25) is 0 Å². The summed E-state index contributed by atoms with van der Waals surface area (Å²) in [5.41, 5.74) is 13.0. The van der Waals surface area contributed by atoms with Gasteiger partial charge in [0, 0.05) is 55.7 Å². The van der Waals surface area contributed by atoms with Crippen LogP contribution in [0.1, 0.15) is 0 Å². The van der Waals surface area contributed by atoms with Gasteiger partial charge in [-0.1, -0.05) is 158 Å². The number of aromatic nitrogens is 3. The van der Waals surface area contributed by atoms with E-state index in [4.69, 9.17) is 15.0 Å². The number of benzene rings is 9. The second-order valence-electron chi connectivity index (χ2n) is 14.8. The maximum atomic E-state index is 5.39. The normalized spacial score (nSPS) is 12.2. The van der Waals surface area contributed by atoms with E-state index in [9.17, 15) is 0 Å². The number of hydrogen-bond acceptors (Lipinski definition) is 4. The van der Waals surface area contributed by atoms with Crippen LogP contribution in [0.4, 0.5) is 17.1 Å². The predicted molar refractivity (Wildman–Crippen MR) is 237 cm³/mol. The molecule has 0 saturated carbocycles. The largest absolute Gasteiger partial charge is 0.309 e. The average Bonchev–Trinajstić information content (AvgIpc) is 3.28. The first kappa shape index (κ1) is 31.6. The van der Waals surface area contributed by atoms with E-state index in [1.807, 2.05) is 12.3 Å². The van der Waals surface area contributed by atoms with Crippen LogP contribution in [-0.4, -0.2) is 15.0 Å². The molecule has 12 rings (SSSR count). The lowest BCUT2D eigenvalue weighted by Crippen LogP contribution is -2.15. The van der Waals surface area contributed by atoms with Crippen LogP contribution in [0.2, 0.25) is 0 Å². The minimum atomic E-state index is 0.700. The zero-order valence-electron chi connectivity index (χ0n) is 30.8. The molecule has 4 heteroatoms. The van der Waals surface area contributed by atoms with Crippen molar-refractivity contribution in [3.8, 4) is 44.9 Å². The summed E-state index contributed by atoms with van der Waals surface area (Å²) in [6.45, 7) is 0. The van der Waals surface area contributed by atoms with E-state index in [2.05, 4.69) is 187 Å². The van der Waals surface area contributed by atoms with Gasteiger partial charge in [-0.3, -0.25) is 4.98 Å². The number of fused-ring (bicyclic) bond motifs is 7. The first-order chi connectivity index (χ1) is 28.3. The highest BCUT2D eigenvalue weighted by Gasteiger charge is 2.28. The number of pyridine rings is 1. The van der Waals surface area contributed by atoms with Crippen LogP contribution >= 0.6 is 0 Å². The summed E-state index contributed by atoms with van der Waals surface area (Å²) in [6, 6.07) is 67.3. The van der Waals surface area contributed by atoms with Crippen molar-refractivity contribution in [3.05, 3.63) is 194 Å². The minimum absolute atomic E-state index is 0.700. The molecule has 11 aromatic rings. The van der Waals surface area contributed by atoms with Crippen LogP contribution in [0.15, 0.2) is 194 Å². The van der Waals surface area contributed by atoms with Gasteiger partial charge in [-0.05, 0) is 63.0 Å². The van der Waals surface area contributed by atoms with Crippen molar-refractivity contribution < 1.29 is 0 Å². The number of rotatable bonds is 4. The Morgan fingerprint density at radius 1 is 0.404 bits per heavy atom. The van der Waals surface area contributed by atoms with E-state index in [0.717, 1.165) is 66.2 Å². The van der Waals surface area contributed by atoms with Crippen LogP contribution < -0.4 is 4.90 Å². The molecule has 1 aliphatic rings. The van der Waals surface area contributed by atoms with E-state index >= 15 is 0 Å². The number of para-hydroxylation sites is 2. The molecule has 264 valence electrons. The minimum Gasteiger partial charge on any atom is -0.309 e. The molecule has 0 fully saturated rings. The molecule has 57 heavy (non-hydrogen) atoms. The van der Waals surface area contributed by atoms with E-state index in [-0.39, 0.29) is 0 Å². The molecule has 0 N–H and O–H groups in total. The van der Waals surface area contributed by atoms with Crippen molar-refractivity contribution in [2.24, 2.45) is 0 Å². The summed E-state index contributed by atoms with van der Waals surface area (Å²) in [5, 5.41) is 9.32. The molecule has 0 unspecified atom stereocenters. The number of hydrogen-bond donors (Lipinski definition) is 0. The predicted octanol–water partition coefficient (Wildman–Crippen LogP) is 14.1. The Morgan fingerprint density at radius 2 is 1.07 bits per heavy atom. The lowest BCUT2D eigenvalue weighted by molar-refractivity contribution is 1.23. The lowest BCUT2D eigenvalue weighted by Gasteiger charge is -2.34. The Hall–Kier alpha value is -7.69. The SMILES string of the molecule is c1cc(-c2nc(-c3ccc(-c4cccc5cccnc45)cc3)c3ccccc3n2)c2cc(N3c4c(ccc5ccccc45)-c4cccc5cccc3c45)ccc2c1. The maximum absolute atomic E-state index is 5.39. The highest BCUT2D eigenvalue weighted by Crippen LogP contribution is 2.53. The van der Waals surface area contributed by atoms with Gasteiger partial charge in [0.1, 0.15) is 0 Å². The third-order valence-electron chi connectivity index (χ3n) is 11.6. The lowest BCUT2D eigenvalue weighted by atomic mass is 9.88. The molecule has 0 amide bonds. The van der Waals surface area contributed by atoms with Crippen molar-refractivity contribution >= 4 is 71.2 Å². The molecule has 2 aromatic heterocycles. The van der Waals surface area contributed by atoms with Crippen molar-refractivity contribution in [1.82, 2.24) is 15.0 Å². The standard InChI is InChI=1S/C53H32N4/c1-2-16-41-33(10-1)28-30-43-42-19-6-12-36-13-8-22-48(49(36)42)57(52(41)43)39-29-27-34-11-5-20-44(46(34)32-39)53-55-47-21-4-3-17-45(47)51(56-53)38-25-23-35(24-26-38)40-18-7-14-37-15-9-31-54-50(37)40/h1-32H. The van der Waals surface area contributed by atoms with E-state index in [1.54, 1.807) is 0 Å². The van der Waals surface area contributed by atoms with Gasteiger partial charge in [-0.25, -0.2) is 9.97 Å². The number of anilines is 3. The zero-order valence-corrected chi connectivity index (χ0v) is 30.8. The molecular weight excluding hydrogens is 693 g/mol. The quantitative estimate of drug-likeness (QED) is 0.181. The molecule has 0 spiro atoms. The molecule has 9 aromatic carbocycles. The van der Waals surface area contributed by atoms with Crippen LogP contribution in [0.25, 0.3) is 99.0 Å². The summed E-state index contributed by atoms with van der Waals surface area (Å²) >= 11 is 0. The Bertz CT molecular complexity index is 3410. The molecule has 0 saturated heterocycles. The van der Waals surface area contributed by atoms with Crippen LogP contribution in [0.3, 0.4) is 0 Å². The van der Waals surface area contributed by atoms with Crippen LogP contribution in [-0.2, 0) is 0 Å². The van der Waals surface area contributed by atoms with Gasteiger partial charge < -0.3 is 4.90 Å². The van der Waals surface area contributed by atoms with Gasteiger partial charge in [0.05, 0.1) is 28.1 Å². The first-order valence-electron chi connectivity index (χ1n) is 19.4. The summed E-state index contributed by atoms with van der Waals surface area (Å²) in [5.74, 6) is 0.700. The molecule has 1 aliphatic heterocycles. The highest BCUT2D eigenvalue weighted by molar-refractivity contribution is 6.19. The van der Waals surface area contributed by atoms with E-state index in [1.165, 1.54) is 44.0 Å². The van der Waals surface area contributed by atoms with Crippen LogP contribution in [0, 0.1) is 0 Å². The molecule has 0 radical (unpaired) electrons. The van der Waals surface area contributed by atoms with Crippen molar-refractivity contribution in [2.75, 3.05) is 4.90 Å². The van der Waals surface area contributed by atoms with Crippen molar-refractivity contribution in [2.45, 2.75) is 0 Å². The maximum Gasteiger partial charge on any atom is 0.161 e. The third-order valence-corrected chi connectivity index (χ3v) is 11.6. The van der Waals surface area contributed by atoms with Crippen molar-refractivity contribution in [3.63, 3.8) is 0 Å². The molecule has 4 nitrogen and oxygen atoms in total. The van der Waals surface area contributed by atoms with E-state index < -0.39 is 0 Å². The Balaban J connectivity index is 1.04. The fraction of sp³-hybridized carbons (Fsp3) is 0. The van der Waals surface area contributed by atoms with Gasteiger partial charge in [-0.15, -0.1) is 0 Å². The zero-order chi connectivity index (χ0) is 37.5. The molecule has 0 bridgehead atoms. The fourth-order valence-corrected chi connectivity index (χ4v) is 8.99. The Morgan fingerprint density at radius 3 is 1.96 bits per heavy atom.